The van der Waals surface area contributed by atoms with Crippen LogP contribution in [-0.2, 0) is 0 Å². The Labute approximate surface area is 101 Å². The molecule has 1 saturated carbocycles. The van der Waals surface area contributed by atoms with Crippen molar-refractivity contribution in [3.05, 3.63) is 42.7 Å². The van der Waals surface area contributed by atoms with Crippen molar-refractivity contribution >= 4 is 0 Å². The molecule has 0 aliphatic heterocycles. The topological polar surface area (TPSA) is 27.1 Å². The van der Waals surface area contributed by atoms with E-state index >= 15 is 0 Å². The Morgan fingerprint density at radius 2 is 1.88 bits per heavy atom. The van der Waals surface area contributed by atoms with Crippen LogP contribution in [0.1, 0.15) is 25.7 Å². The van der Waals surface area contributed by atoms with Crippen LogP contribution in [0.15, 0.2) is 42.7 Å². The van der Waals surface area contributed by atoms with Crippen LogP contribution in [0.4, 0.5) is 0 Å². The number of nitrogens with zero attached hydrogens (tertiary/aromatic N) is 2. The maximum absolute atomic E-state index is 5.89. The molecule has 1 aromatic carbocycles. The van der Waals surface area contributed by atoms with Crippen molar-refractivity contribution in [1.29, 1.82) is 0 Å². The monoisotopic (exact) mass is 228 g/mol. The maximum atomic E-state index is 5.89. The summed E-state index contributed by atoms with van der Waals surface area (Å²) in [6.45, 7) is 0. The fraction of sp³-hybridized carbons (Fsp3) is 0.357. The summed E-state index contributed by atoms with van der Waals surface area (Å²) < 4.78 is 7.75. The number of rotatable bonds is 3. The van der Waals surface area contributed by atoms with E-state index < -0.39 is 0 Å². The van der Waals surface area contributed by atoms with Gasteiger partial charge in [0.1, 0.15) is 0 Å². The highest BCUT2D eigenvalue weighted by molar-refractivity contribution is 5.32. The Morgan fingerprint density at radius 3 is 2.65 bits per heavy atom. The lowest BCUT2D eigenvalue weighted by Crippen LogP contribution is -2.10. The predicted molar refractivity (Wildman–Crippen MR) is 66.4 cm³/mol. The van der Waals surface area contributed by atoms with E-state index in [-0.39, 0.29) is 0 Å². The minimum Gasteiger partial charge on any atom is -0.487 e. The molecule has 1 aliphatic rings. The van der Waals surface area contributed by atoms with E-state index in [0.29, 0.717) is 6.10 Å². The van der Waals surface area contributed by atoms with Crippen LogP contribution in [0.2, 0.25) is 0 Å². The quantitative estimate of drug-likeness (QED) is 0.806. The number of ether oxygens (including phenoxy) is 1. The van der Waals surface area contributed by atoms with E-state index in [2.05, 4.69) is 5.10 Å². The van der Waals surface area contributed by atoms with Crippen LogP contribution in [0.3, 0.4) is 0 Å². The zero-order valence-electron chi connectivity index (χ0n) is 9.75. The first-order valence-corrected chi connectivity index (χ1v) is 6.18. The van der Waals surface area contributed by atoms with Crippen molar-refractivity contribution in [2.45, 2.75) is 31.8 Å². The van der Waals surface area contributed by atoms with Crippen LogP contribution in [0.5, 0.6) is 5.75 Å². The molecule has 0 bridgehead atoms. The van der Waals surface area contributed by atoms with Crippen LogP contribution in [0, 0.1) is 0 Å². The van der Waals surface area contributed by atoms with Crippen LogP contribution < -0.4 is 4.74 Å². The van der Waals surface area contributed by atoms with E-state index in [1.807, 2.05) is 41.2 Å². The van der Waals surface area contributed by atoms with Crippen molar-refractivity contribution in [3.8, 4) is 11.4 Å². The summed E-state index contributed by atoms with van der Waals surface area (Å²) >= 11 is 0. The minimum absolute atomic E-state index is 0.392. The van der Waals surface area contributed by atoms with Gasteiger partial charge in [-0.1, -0.05) is 18.2 Å². The molecule has 0 radical (unpaired) electrons. The average molecular weight is 228 g/mol. The van der Waals surface area contributed by atoms with Gasteiger partial charge in [0.15, 0.2) is 5.75 Å². The molecule has 1 aliphatic carbocycles. The molecule has 88 valence electrons. The molecule has 0 unspecified atom stereocenters. The van der Waals surface area contributed by atoms with E-state index in [4.69, 9.17) is 4.74 Å². The van der Waals surface area contributed by atoms with E-state index in [9.17, 15) is 0 Å². The number of para-hydroxylation sites is 1. The molecule has 0 spiro atoms. The lowest BCUT2D eigenvalue weighted by Gasteiger charge is -2.09. The largest absolute Gasteiger partial charge is 0.487 e. The van der Waals surface area contributed by atoms with Gasteiger partial charge in [-0.25, -0.2) is 4.68 Å². The Balaban J connectivity index is 1.74. The summed E-state index contributed by atoms with van der Waals surface area (Å²) in [7, 11) is 0. The van der Waals surface area contributed by atoms with Crippen LogP contribution >= 0.6 is 0 Å². The summed E-state index contributed by atoms with van der Waals surface area (Å²) in [5.74, 6) is 0.876. The average Bonchev–Trinajstić information content (AvgIpc) is 3.02. The lowest BCUT2D eigenvalue weighted by molar-refractivity contribution is 0.210. The fourth-order valence-corrected chi connectivity index (χ4v) is 2.29. The number of hydrogen-bond acceptors (Lipinski definition) is 2. The highest BCUT2D eigenvalue weighted by atomic mass is 16.5. The molecule has 0 amide bonds. The predicted octanol–water partition coefficient (Wildman–Crippen LogP) is 3.19. The van der Waals surface area contributed by atoms with Crippen LogP contribution in [0.25, 0.3) is 5.69 Å². The van der Waals surface area contributed by atoms with E-state index in [1.165, 1.54) is 25.7 Å². The maximum Gasteiger partial charge on any atom is 0.158 e. The van der Waals surface area contributed by atoms with Crippen molar-refractivity contribution < 1.29 is 4.74 Å². The lowest BCUT2D eigenvalue weighted by atomic mass is 10.3. The smallest absolute Gasteiger partial charge is 0.158 e. The normalized spacial score (nSPS) is 16.2. The van der Waals surface area contributed by atoms with Gasteiger partial charge >= 0.3 is 0 Å². The van der Waals surface area contributed by atoms with Gasteiger partial charge in [0.05, 0.1) is 24.2 Å². The molecule has 17 heavy (non-hydrogen) atoms. The third-order valence-electron chi connectivity index (χ3n) is 3.18. The molecular weight excluding hydrogens is 212 g/mol. The zero-order valence-corrected chi connectivity index (χ0v) is 9.75. The fourth-order valence-electron chi connectivity index (χ4n) is 2.29. The molecule has 3 heteroatoms. The molecule has 0 N–H and O–H groups in total. The van der Waals surface area contributed by atoms with Gasteiger partial charge in [0.2, 0.25) is 0 Å². The zero-order chi connectivity index (χ0) is 11.5. The second-order valence-electron chi connectivity index (χ2n) is 4.48. The van der Waals surface area contributed by atoms with Gasteiger partial charge in [0, 0.05) is 0 Å². The Morgan fingerprint density at radius 1 is 1.12 bits per heavy atom. The van der Waals surface area contributed by atoms with Crippen molar-refractivity contribution in [2.75, 3.05) is 0 Å². The molecule has 1 aromatic heterocycles. The van der Waals surface area contributed by atoms with Gasteiger partial charge in [-0.2, -0.15) is 5.10 Å². The van der Waals surface area contributed by atoms with Gasteiger partial charge < -0.3 is 4.74 Å². The second kappa shape index (κ2) is 4.62. The third-order valence-corrected chi connectivity index (χ3v) is 3.18. The highest BCUT2D eigenvalue weighted by Gasteiger charge is 2.17. The minimum atomic E-state index is 0.392. The summed E-state index contributed by atoms with van der Waals surface area (Å²) in [5.41, 5.74) is 1.06. The first-order chi connectivity index (χ1) is 8.42. The van der Waals surface area contributed by atoms with Gasteiger partial charge in [-0.15, -0.1) is 0 Å². The van der Waals surface area contributed by atoms with E-state index in [1.54, 1.807) is 6.20 Å². The Kier molecular flexibility index (Phi) is 2.82. The van der Waals surface area contributed by atoms with Crippen molar-refractivity contribution in [3.63, 3.8) is 0 Å². The van der Waals surface area contributed by atoms with Crippen LogP contribution in [-0.4, -0.2) is 15.9 Å². The number of aromatic nitrogens is 2. The highest BCUT2D eigenvalue weighted by Crippen LogP contribution is 2.24. The molecule has 2 aromatic rings. The van der Waals surface area contributed by atoms with Crippen molar-refractivity contribution in [1.82, 2.24) is 9.78 Å². The molecule has 0 atom stereocenters. The molecular formula is C14H16N2O. The number of hydrogen-bond donors (Lipinski definition) is 0. The summed E-state index contributed by atoms with van der Waals surface area (Å²) in [4.78, 5) is 0. The Bertz CT molecular complexity index is 472. The molecule has 0 saturated heterocycles. The molecule has 1 fully saturated rings. The molecule has 3 rings (SSSR count). The standard InChI is InChI=1S/C14H16N2O/c1-2-6-12(7-3-1)16-11-14(10-15-16)17-13-8-4-5-9-13/h1-3,6-7,10-11,13H,4-5,8-9H2. The van der Waals surface area contributed by atoms with Gasteiger partial charge in [0.25, 0.3) is 0 Å². The van der Waals surface area contributed by atoms with Crippen molar-refractivity contribution in [2.24, 2.45) is 0 Å². The van der Waals surface area contributed by atoms with E-state index in [0.717, 1.165) is 11.4 Å². The molecule has 3 nitrogen and oxygen atoms in total. The first-order valence-electron chi connectivity index (χ1n) is 6.18. The summed E-state index contributed by atoms with van der Waals surface area (Å²) in [5, 5.41) is 4.32. The second-order valence-corrected chi connectivity index (χ2v) is 4.48. The molecule has 1 heterocycles. The van der Waals surface area contributed by atoms with Gasteiger partial charge in [-0.05, 0) is 37.8 Å². The SMILES string of the molecule is c1ccc(-n2cc(OC3CCCC3)cn2)cc1. The number of benzene rings is 1. The Hall–Kier alpha value is -1.77. The van der Waals surface area contributed by atoms with Gasteiger partial charge in [-0.3, -0.25) is 0 Å². The third kappa shape index (κ3) is 2.33. The first kappa shape index (κ1) is 10.4. The summed E-state index contributed by atoms with van der Waals surface area (Å²) in [6.07, 6.45) is 9.07. The summed E-state index contributed by atoms with van der Waals surface area (Å²) in [6, 6.07) is 10.1.